The number of nitrogens with one attached hydrogen (secondary N) is 1. The molecule has 3 aromatic carbocycles. The Morgan fingerprint density at radius 2 is 1.53 bits per heavy atom. The van der Waals surface area contributed by atoms with Crippen LogP contribution in [0.15, 0.2) is 88.2 Å². The molecule has 202 valence electrons. The minimum Gasteiger partial charge on any atom is -0.354 e. The van der Waals surface area contributed by atoms with Crippen LogP contribution in [0.3, 0.4) is 0 Å². The Labute approximate surface area is 238 Å². The molecule has 0 aromatic heterocycles. The Bertz CT molecular complexity index is 1350. The smallest absolute Gasteiger partial charge is 0.264 e. The van der Waals surface area contributed by atoms with E-state index < -0.39 is 28.5 Å². The van der Waals surface area contributed by atoms with Gasteiger partial charge in [-0.05, 0) is 60.9 Å². The van der Waals surface area contributed by atoms with E-state index in [4.69, 9.17) is 11.6 Å². The number of carbonyl (C=O) groups excluding carboxylic acids is 2. The molecule has 7 nitrogen and oxygen atoms in total. The average Bonchev–Trinajstić information content (AvgIpc) is 2.90. The van der Waals surface area contributed by atoms with Gasteiger partial charge in [-0.25, -0.2) is 8.42 Å². The Morgan fingerprint density at radius 1 is 0.921 bits per heavy atom. The Hall–Kier alpha value is -2.88. The van der Waals surface area contributed by atoms with Crippen molar-refractivity contribution in [1.82, 2.24) is 10.2 Å². The summed E-state index contributed by atoms with van der Waals surface area (Å²) < 4.78 is 29.3. The van der Waals surface area contributed by atoms with Gasteiger partial charge in [0, 0.05) is 22.6 Å². The van der Waals surface area contributed by atoms with E-state index in [-0.39, 0.29) is 23.3 Å². The minimum atomic E-state index is -4.10. The summed E-state index contributed by atoms with van der Waals surface area (Å²) in [4.78, 5) is 28.3. The number of carbonyl (C=O) groups is 2. The van der Waals surface area contributed by atoms with Crippen LogP contribution < -0.4 is 9.62 Å². The first-order chi connectivity index (χ1) is 18.0. The summed E-state index contributed by atoms with van der Waals surface area (Å²) in [5, 5.41) is 3.31. The van der Waals surface area contributed by atoms with E-state index in [1.165, 1.54) is 17.0 Å². The van der Waals surface area contributed by atoms with Crippen molar-refractivity contribution >= 4 is 55.1 Å². The van der Waals surface area contributed by atoms with E-state index in [1.807, 2.05) is 13.8 Å². The fraction of sp³-hybridized carbons (Fsp3) is 0.286. The van der Waals surface area contributed by atoms with Gasteiger partial charge in [0.2, 0.25) is 11.8 Å². The van der Waals surface area contributed by atoms with Crippen molar-refractivity contribution in [2.75, 3.05) is 17.4 Å². The zero-order chi connectivity index (χ0) is 27.9. The van der Waals surface area contributed by atoms with Crippen molar-refractivity contribution in [2.45, 2.75) is 38.3 Å². The molecule has 0 saturated carbocycles. The fourth-order valence-corrected chi connectivity index (χ4v) is 5.60. The van der Waals surface area contributed by atoms with Crippen molar-refractivity contribution in [3.8, 4) is 0 Å². The molecule has 0 aliphatic heterocycles. The third-order valence-corrected chi connectivity index (χ3v) is 8.56. The molecule has 0 heterocycles. The number of benzene rings is 3. The molecule has 1 atom stereocenters. The van der Waals surface area contributed by atoms with Crippen molar-refractivity contribution in [3.05, 3.63) is 93.9 Å². The summed E-state index contributed by atoms with van der Waals surface area (Å²) in [5.74, 6) is -0.650. The van der Waals surface area contributed by atoms with Gasteiger partial charge in [-0.1, -0.05) is 77.8 Å². The second-order valence-electron chi connectivity index (χ2n) is 9.23. The normalized spacial score (nSPS) is 12.2. The van der Waals surface area contributed by atoms with E-state index in [0.29, 0.717) is 22.8 Å². The summed E-state index contributed by atoms with van der Waals surface area (Å²) in [7, 11) is -4.10. The minimum absolute atomic E-state index is 0.0360. The van der Waals surface area contributed by atoms with Gasteiger partial charge in [0.25, 0.3) is 10.0 Å². The summed E-state index contributed by atoms with van der Waals surface area (Å²) in [6.07, 6.45) is 0. The molecule has 1 N–H and O–H groups in total. The topological polar surface area (TPSA) is 86.8 Å². The van der Waals surface area contributed by atoms with Crippen LogP contribution in [0.25, 0.3) is 0 Å². The number of hydrogen-bond acceptors (Lipinski definition) is 4. The van der Waals surface area contributed by atoms with Gasteiger partial charge in [0.05, 0.1) is 10.6 Å². The molecule has 0 fully saturated rings. The van der Waals surface area contributed by atoms with Crippen LogP contribution in [-0.2, 0) is 26.2 Å². The zero-order valence-electron chi connectivity index (χ0n) is 21.5. The SMILES string of the molecule is CC(C)CNC(=O)[C@H](C)N(Cc1ccccc1Cl)C(=O)CN(c1ccc(Br)cc1)S(=O)(=O)c1ccccc1. The molecule has 0 unspecified atom stereocenters. The molecule has 0 bridgehead atoms. The third kappa shape index (κ3) is 7.58. The first kappa shape index (κ1) is 29.7. The highest BCUT2D eigenvalue weighted by molar-refractivity contribution is 9.10. The molecule has 0 radical (unpaired) electrons. The highest BCUT2D eigenvalue weighted by atomic mass is 79.9. The maximum atomic E-state index is 13.9. The van der Waals surface area contributed by atoms with Crippen LogP contribution in [0.1, 0.15) is 26.3 Å². The van der Waals surface area contributed by atoms with Crippen molar-refractivity contribution < 1.29 is 18.0 Å². The maximum absolute atomic E-state index is 13.9. The predicted molar refractivity (Wildman–Crippen MR) is 154 cm³/mol. The fourth-order valence-electron chi connectivity index (χ4n) is 3.70. The van der Waals surface area contributed by atoms with Crippen LogP contribution in [0.4, 0.5) is 5.69 Å². The van der Waals surface area contributed by atoms with E-state index in [0.717, 1.165) is 8.78 Å². The molecule has 0 spiro atoms. The molecule has 0 aliphatic rings. The van der Waals surface area contributed by atoms with E-state index in [9.17, 15) is 18.0 Å². The van der Waals surface area contributed by atoms with Gasteiger partial charge in [-0.15, -0.1) is 0 Å². The standard InChI is InChI=1S/C28H31BrClN3O4S/c1-20(2)17-31-28(35)21(3)32(18-22-9-7-8-12-26(22)30)27(34)19-33(24-15-13-23(29)14-16-24)38(36,37)25-10-5-4-6-11-25/h4-16,20-21H,17-19H2,1-3H3,(H,31,35)/t21-/m0/s1. The number of amides is 2. The highest BCUT2D eigenvalue weighted by Crippen LogP contribution is 2.26. The quantitative estimate of drug-likeness (QED) is 0.307. The first-order valence-electron chi connectivity index (χ1n) is 12.1. The Kier molecular flexibility index (Phi) is 10.4. The summed E-state index contributed by atoms with van der Waals surface area (Å²) in [6.45, 7) is 5.55. The molecule has 38 heavy (non-hydrogen) atoms. The van der Waals surface area contributed by atoms with Crippen molar-refractivity contribution in [1.29, 1.82) is 0 Å². The van der Waals surface area contributed by atoms with Gasteiger partial charge in [-0.2, -0.15) is 0 Å². The molecule has 3 rings (SSSR count). The zero-order valence-corrected chi connectivity index (χ0v) is 24.6. The maximum Gasteiger partial charge on any atom is 0.264 e. The second kappa shape index (κ2) is 13.3. The summed E-state index contributed by atoms with van der Waals surface area (Å²) in [6, 6.07) is 20.8. The lowest BCUT2D eigenvalue weighted by molar-refractivity contribution is -0.139. The largest absolute Gasteiger partial charge is 0.354 e. The van der Waals surface area contributed by atoms with E-state index in [1.54, 1.807) is 73.7 Å². The van der Waals surface area contributed by atoms with Gasteiger partial charge in [0.15, 0.2) is 0 Å². The van der Waals surface area contributed by atoms with E-state index >= 15 is 0 Å². The number of sulfonamides is 1. The molecule has 2 amide bonds. The van der Waals surface area contributed by atoms with Crippen molar-refractivity contribution in [2.24, 2.45) is 5.92 Å². The van der Waals surface area contributed by atoms with Gasteiger partial charge in [0.1, 0.15) is 12.6 Å². The van der Waals surface area contributed by atoms with Crippen LogP contribution in [-0.4, -0.2) is 44.3 Å². The number of anilines is 1. The highest BCUT2D eigenvalue weighted by Gasteiger charge is 2.32. The molecular formula is C28H31BrClN3O4S. The van der Waals surface area contributed by atoms with Gasteiger partial charge >= 0.3 is 0 Å². The summed E-state index contributed by atoms with van der Waals surface area (Å²) in [5.41, 5.74) is 0.965. The van der Waals surface area contributed by atoms with Crippen molar-refractivity contribution in [3.63, 3.8) is 0 Å². The second-order valence-corrected chi connectivity index (χ2v) is 12.4. The lowest BCUT2D eigenvalue weighted by atomic mass is 10.1. The van der Waals surface area contributed by atoms with Gasteiger partial charge in [-0.3, -0.25) is 13.9 Å². The number of rotatable bonds is 11. The Balaban J connectivity index is 2.00. The number of hydrogen-bond donors (Lipinski definition) is 1. The molecule has 3 aromatic rings. The van der Waals surface area contributed by atoms with Crippen LogP contribution in [0.5, 0.6) is 0 Å². The lowest BCUT2D eigenvalue weighted by Gasteiger charge is -2.32. The summed E-state index contributed by atoms with van der Waals surface area (Å²) >= 11 is 9.75. The molecular weight excluding hydrogens is 590 g/mol. The Morgan fingerprint density at radius 3 is 2.13 bits per heavy atom. The molecule has 0 saturated heterocycles. The predicted octanol–water partition coefficient (Wildman–Crippen LogP) is 5.49. The number of nitrogens with zero attached hydrogens (tertiary/aromatic N) is 2. The molecule has 0 aliphatic carbocycles. The molecule has 10 heteroatoms. The lowest BCUT2D eigenvalue weighted by Crippen LogP contribution is -2.51. The third-order valence-electron chi connectivity index (χ3n) is 5.88. The number of halogens is 2. The van der Waals surface area contributed by atoms with E-state index in [2.05, 4.69) is 21.2 Å². The van der Waals surface area contributed by atoms with Crippen LogP contribution in [0.2, 0.25) is 5.02 Å². The first-order valence-corrected chi connectivity index (χ1v) is 14.8. The van der Waals surface area contributed by atoms with Crippen LogP contribution in [0, 0.1) is 5.92 Å². The average molecular weight is 621 g/mol. The monoisotopic (exact) mass is 619 g/mol. The van der Waals surface area contributed by atoms with Gasteiger partial charge < -0.3 is 10.2 Å². The van der Waals surface area contributed by atoms with Crippen LogP contribution >= 0.6 is 27.5 Å².